The molecule has 0 spiro atoms. The molecule has 2 N–H and O–H groups in total. The molecule has 1 rings (SSSR count). The molecule has 0 aromatic carbocycles. The van der Waals surface area contributed by atoms with E-state index in [0.717, 1.165) is 12.3 Å². The van der Waals surface area contributed by atoms with Gasteiger partial charge in [0, 0.05) is 13.0 Å². The first-order valence-electron chi connectivity index (χ1n) is 4.47. The highest BCUT2D eigenvalue weighted by atomic mass is 32.2. The Morgan fingerprint density at radius 2 is 2.50 bits per heavy atom. The van der Waals surface area contributed by atoms with Crippen LogP contribution in [0.4, 0.5) is 0 Å². The maximum Gasteiger partial charge on any atom is 0.223 e. The van der Waals surface area contributed by atoms with Gasteiger partial charge < -0.3 is 5.32 Å². The zero-order valence-electron chi connectivity index (χ0n) is 7.43. The topological polar surface area (TPSA) is 41.1 Å². The number of carbonyl (C=O) groups is 1. The van der Waals surface area contributed by atoms with Crippen molar-refractivity contribution in [2.45, 2.75) is 31.7 Å². The van der Waals surface area contributed by atoms with Gasteiger partial charge in [-0.15, -0.1) is 11.8 Å². The van der Waals surface area contributed by atoms with E-state index in [1.807, 2.05) is 0 Å². The van der Waals surface area contributed by atoms with E-state index in [9.17, 15) is 4.79 Å². The molecule has 1 saturated heterocycles. The summed E-state index contributed by atoms with van der Waals surface area (Å²) in [5.74, 6) is 1.29. The molecule has 1 aliphatic rings. The SMILES string of the molecule is CCCCSC1NCCC(=O)N1. The fraction of sp³-hybridized carbons (Fsp3) is 0.875. The zero-order chi connectivity index (χ0) is 8.81. The molecule has 0 saturated carbocycles. The Hall–Kier alpha value is -0.220. The number of unbranched alkanes of at least 4 members (excludes halogenated alkanes) is 1. The van der Waals surface area contributed by atoms with Crippen molar-refractivity contribution >= 4 is 17.7 Å². The van der Waals surface area contributed by atoms with Gasteiger partial charge in [-0.05, 0) is 12.2 Å². The van der Waals surface area contributed by atoms with Crippen molar-refractivity contribution in [3.63, 3.8) is 0 Å². The molecule has 3 nitrogen and oxygen atoms in total. The van der Waals surface area contributed by atoms with E-state index in [1.165, 1.54) is 12.8 Å². The third-order valence-electron chi connectivity index (χ3n) is 1.76. The van der Waals surface area contributed by atoms with Crippen LogP contribution in [0.2, 0.25) is 0 Å². The molecular weight excluding hydrogens is 172 g/mol. The van der Waals surface area contributed by atoms with E-state index >= 15 is 0 Å². The van der Waals surface area contributed by atoms with Gasteiger partial charge in [0.25, 0.3) is 0 Å². The van der Waals surface area contributed by atoms with Crippen LogP contribution >= 0.6 is 11.8 Å². The second-order valence-corrected chi connectivity index (χ2v) is 4.09. The van der Waals surface area contributed by atoms with Crippen molar-refractivity contribution in [3.8, 4) is 0 Å². The summed E-state index contributed by atoms with van der Waals surface area (Å²) >= 11 is 1.78. The van der Waals surface area contributed by atoms with E-state index in [2.05, 4.69) is 17.6 Å². The first-order valence-corrected chi connectivity index (χ1v) is 5.52. The largest absolute Gasteiger partial charge is 0.332 e. The minimum absolute atomic E-state index is 0.151. The second-order valence-electron chi connectivity index (χ2n) is 2.88. The van der Waals surface area contributed by atoms with E-state index in [-0.39, 0.29) is 11.4 Å². The molecular formula is C8H16N2OS. The van der Waals surface area contributed by atoms with Crippen molar-refractivity contribution in [3.05, 3.63) is 0 Å². The quantitative estimate of drug-likeness (QED) is 0.644. The lowest BCUT2D eigenvalue weighted by molar-refractivity contribution is -0.122. The highest BCUT2D eigenvalue weighted by Gasteiger charge is 2.16. The summed E-state index contributed by atoms with van der Waals surface area (Å²) in [7, 11) is 0. The lowest BCUT2D eigenvalue weighted by Crippen LogP contribution is -2.49. The second kappa shape index (κ2) is 5.43. The van der Waals surface area contributed by atoms with Crippen LogP contribution in [0.1, 0.15) is 26.2 Å². The monoisotopic (exact) mass is 188 g/mol. The van der Waals surface area contributed by atoms with Gasteiger partial charge >= 0.3 is 0 Å². The maximum atomic E-state index is 10.9. The molecule has 12 heavy (non-hydrogen) atoms. The van der Waals surface area contributed by atoms with Crippen molar-refractivity contribution in [2.24, 2.45) is 0 Å². The van der Waals surface area contributed by atoms with Gasteiger partial charge in [-0.2, -0.15) is 0 Å². The van der Waals surface area contributed by atoms with Gasteiger partial charge in [0.1, 0.15) is 5.50 Å². The number of hydrogen-bond donors (Lipinski definition) is 2. The molecule has 4 heteroatoms. The molecule has 0 aromatic rings. The molecule has 0 aromatic heterocycles. The summed E-state index contributed by atoms with van der Waals surface area (Å²) in [6, 6.07) is 0. The number of thioether (sulfide) groups is 1. The third kappa shape index (κ3) is 3.45. The predicted molar refractivity (Wildman–Crippen MR) is 51.9 cm³/mol. The van der Waals surface area contributed by atoms with Gasteiger partial charge in [0.05, 0.1) is 0 Å². The fourth-order valence-electron chi connectivity index (χ4n) is 1.03. The van der Waals surface area contributed by atoms with Gasteiger partial charge in [0.15, 0.2) is 0 Å². The Labute approximate surface area is 77.7 Å². The molecule has 0 bridgehead atoms. The van der Waals surface area contributed by atoms with Crippen LogP contribution in [0.5, 0.6) is 0 Å². The van der Waals surface area contributed by atoms with Crippen LogP contribution < -0.4 is 10.6 Å². The van der Waals surface area contributed by atoms with Crippen molar-refractivity contribution in [2.75, 3.05) is 12.3 Å². The number of nitrogens with one attached hydrogen (secondary N) is 2. The van der Waals surface area contributed by atoms with E-state index in [4.69, 9.17) is 0 Å². The summed E-state index contributed by atoms with van der Waals surface area (Å²) in [6.07, 6.45) is 3.05. The molecule has 1 unspecified atom stereocenters. The lowest BCUT2D eigenvalue weighted by Gasteiger charge is -2.23. The van der Waals surface area contributed by atoms with Crippen molar-refractivity contribution < 1.29 is 4.79 Å². The number of amides is 1. The Kier molecular flexibility index (Phi) is 4.46. The van der Waals surface area contributed by atoms with Crippen molar-refractivity contribution in [1.82, 2.24) is 10.6 Å². The summed E-state index contributed by atoms with van der Waals surface area (Å²) in [4.78, 5) is 10.9. The average Bonchev–Trinajstić information content (AvgIpc) is 2.05. The standard InChI is InChI=1S/C8H16N2OS/c1-2-3-6-12-8-9-5-4-7(11)10-8/h8-9H,2-6H2,1H3,(H,10,11). The maximum absolute atomic E-state index is 10.9. The minimum atomic E-state index is 0.151. The molecule has 1 atom stereocenters. The number of hydrogen-bond acceptors (Lipinski definition) is 3. The van der Waals surface area contributed by atoms with E-state index in [1.54, 1.807) is 11.8 Å². The molecule has 0 radical (unpaired) electrons. The smallest absolute Gasteiger partial charge is 0.223 e. The van der Waals surface area contributed by atoms with Crippen LogP contribution in [-0.2, 0) is 4.79 Å². The first kappa shape index (κ1) is 9.86. The highest BCUT2D eigenvalue weighted by molar-refractivity contribution is 7.99. The van der Waals surface area contributed by atoms with Crippen LogP contribution in [-0.4, -0.2) is 23.7 Å². The molecule has 0 aliphatic carbocycles. The number of rotatable bonds is 4. The minimum Gasteiger partial charge on any atom is -0.332 e. The zero-order valence-corrected chi connectivity index (χ0v) is 8.25. The Morgan fingerprint density at radius 3 is 3.17 bits per heavy atom. The lowest BCUT2D eigenvalue weighted by atomic mass is 10.3. The Balaban J connectivity index is 2.10. The van der Waals surface area contributed by atoms with Gasteiger partial charge in [-0.25, -0.2) is 0 Å². The molecule has 1 heterocycles. The van der Waals surface area contributed by atoms with E-state index in [0.29, 0.717) is 6.42 Å². The average molecular weight is 188 g/mol. The van der Waals surface area contributed by atoms with Gasteiger partial charge in [-0.1, -0.05) is 13.3 Å². The van der Waals surface area contributed by atoms with Gasteiger partial charge in [0.2, 0.25) is 5.91 Å². The predicted octanol–water partition coefficient (Wildman–Crippen LogP) is 0.913. The molecule has 1 fully saturated rings. The van der Waals surface area contributed by atoms with Crippen LogP contribution in [0.3, 0.4) is 0 Å². The Bertz CT molecular complexity index is 152. The van der Waals surface area contributed by atoms with Crippen molar-refractivity contribution in [1.29, 1.82) is 0 Å². The molecule has 70 valence electrons. The third-order valence-corrected chi connectivity index (χ3v) is 2.90. The van der Waals surface area contributed by atoms with Crippen LogP contribution in [0.15, 0.2) is 0 Å². The van der Waals surface area contributed by atoms with Crippen LogP contribution in [0.25, 0.3) is 0 Å². The summed E-state index contributed by atoms with van der Waals surface area (Å²) in [6.45, 7) is 2.99. The highest BCUT2D eigenvalue weighted by Crippen LogP contribution is 2.10. The van der Waals surface area contributed by atoms with Crippen LogP contribution in [0, 0.1) is 0 Å². The number of carbonyl (C=O) groups excluding carboxylic acids is 1. The molecule has 1 aliphatic heterocycles. The van der Waals surface area contributed by atoms with Gasteiger partial charge in [-0.3, -0.25) is 10.1 Å². The summed E-state index contributed by atoms with van der Waals surface area (Å²) < 4.78 is 0. The van der Waals surface area contributed by atoms with E-state index < -0.39 is 0 Å². The normalized spacial score (nSPS) is 23.8. The molecule has 1 amide bonds. The summed E-state index contributed by atoms with van der Waals surface area (Å²) in [5.41, 5.74) is 0.151. The fourth-order valence-corrected chi connectivity index (χ4v) is 2.17. The summed E-state index contributed by atoms with van der Waals surface area (Å²) in [5, 5.41) is 6.13. The Morgan fingerprint density at radius 1 is 1.67 bits per heavy atom. The first-order chi connectivity index (χ1) is 5.83.